The van der Waals surface area contributed by atoms with Crippen molar-refractivity contribution in [2.75, 3.05) is 15.4 Å². The minimum absolute atomic E-state index is 0.0452. The summed E-state index contributed by atoms with van der Waals surface area (Å²) in [6, 6.07) is 21.9. The molecule has 10 heteroatoms. The molecule has 0 bridgehead atoms. The molecule has 1 amide bonds. The number of carbonyl (C=O) groups is 1. The maximum absolute atomic E-state index is 13.6. The molecule has 0 saturated heterocycles. The Morgan fingerprint density at radius 2 is 1.83 bits per heavy atom. The molecule has 1 aromatic heterocycles. The second-order valence-corrected chi connectivity index (χ2v) is 11.4. The van der Waals surface area contributed by atoms with Crippen molar-refractivity contribution < 1.29 is 13.2 Å². The third-order valence-electron chi connectivity index (χ3n) is 5.60. The number of rotatable bonds is 6. The Kier molecular flexibility index (Phi) is 6.70. The molecule has 5 rings (SSSR count). The Morgan fingerprint density at radius 3 is 2.61 bits per heavy atom. The predicted octanol–water partition coefficient (Wildman–Crippen LogP) is 5.55. The summed E-state index contributed by atoms with van der Waals surface area (Å²) in [5.41, 5.74) is 4.16. The van der Waals surface area contributed by atoms with Crippen molar-refractivity contribution in [3.63, 3.8) is 0 Å². The maximum atomic E-state index is 13.6. The number of nitrogens with one attached hydrogen (secondary N) is 1. The van der Waals surface area contributed by atoms with Gasteiger partial charge in [-0.3, -0.25) is 9.10 Å². The smallest absolute Gasteiger partial charge is 0.268 e. The average molecular weight is 537 g/mol. The molecule has 0 atom stereocenters. The van der Waals surface area contributed by atoms with Crippen LogP contribution in [0.25, 0.3) is 11.3 Å². The van der Waals surface area contributed by atoms with Gasteiger partial charge in [-0.05, 0) is 42.8 Å². The van der Waals surface area contributed by atoms with Gasteiger partial charge in [-0.15, -0.1) is 0 Å². The van der Waals surface area contributed by atoms with Crippen LogP contribution in [-0.2, 0) is 21.4 Å². The zero-order chi connectivity index (χ0) is 25.3. The van der Waals surface area contributed by atoms with Gasteiger partial charge in [0.25, 0.3) is 10.0 Å². The highest BCUT2D eigenvalue weighted by Gasteiger charge is 2.36. The molecular weight excluding hydrogens is 516 g/mol. The van der Waals surface area contributed by atoms with Crippen molar-refractivity contribution in [1.82, 2.24) is 9.97 Å². The summed E-state index contributed by atoms with van der Waals surface area (Å²) in [7, 11) is -3.89. The predicted molar refractivity (Wildman–Crippen MR) is 143 cm³/mol. The number of halogens is 1. The third kappa shape index (κ3) is 4.95. The summed E-state index contributed by atoms with van der Waals surface area (Å²) in [6.07, 6.45) is 1.33. The van der Waals surface area contributed by atoms with E-state index in [-0.39, 0.29) is 23.1 Å². The van der Waals surface area contributed by atoms with Crippen LogP contribution >= 0.6 is 23.4 Å². The highest BCUT2D eigenvalue weighted by molar-refractivity contribution is 7.99. The van der Waals surface area contributed by atoms with E-state index < -0.39 is 10.0 Å². The monoisotopic (exact) mass is 536 g/mol. The number of carbonyl (C=O) groups excluding carboxylic acids is 1. The fourth-order valence-corrected chi connectivity index (χ4v) is 6.25. The van der Waals surface area contributed by atoms with Crippen LogP contribution < -0.4 is 9.62 Å². The summed E-state index contributed by atoms with van der Waals surface area (Å²) < 4.78 is 28.7. The molecule has 0 saturated carbocycles. The van der Waals surface area contributed by atoms with Gasteiger partial charge in [0.2, 0.25) is 5.91 Å². The lowest BCUT2D eigenvalue weighted by molar-refractivity contribution is -0.113. The van der Waals surface area contributed by atoms with Crippen LogP contribution in [0.4, 0.5) is 11.4 Å². The zero-order valence-electron chi connectivity index (χ0n) is 19.2. The first kappa shape index (κ1) is 24.3. The Bertz CT molecular complexity index is 1560. The van der Waals surface area contributed by atoms with Gasteiger partial charge < -0.3 is 5.32 Å². The van der Waals surface area contributed by atoms with Gasteiger partial charge in [0.15, 0.2) is 5.16 Å². The van der Waals surface area contributed by atoms with E-state index in [9.17, 15) is 13.2 Å². The summed E-state index contributed by atoms with van der Waals surface area (Å²) in [6.45, 7) is 2.17. The van der Waals surface area contributed by atoms with Crippen LogP contribution in [0.1, 0.15) is 11.1 Å². The highest BCUT2D eigenvalue weighted by Crippen LogP contribution is 2.42. The van der Waals surface area contributed by atoms with Gasteiger partial charge in [0, 0.05) is 16.3 Å². The molecule has 1 aliphatic heterocycles. The molecule has 1 N–H and O–H groups in total. The van der Waals surface area contributed by atoms with Crippen LogP contribution in [0.3, 0.4) is 0 Å². The average Bonchev–Trinajstić information content (AvgIpc) is 2.87. The highest BCUT2D eigenvalue weighted by atomic mass is 35.5. The minimum Gasteiger partial charge on any atom is -0.325 e. The topological polar surface area (TPSA) is 92.3 Å². The van der Waals surface area contributed by atoms with Crippen molar-refractivity contribution in [2.24, 2.45) is 0 Å². The number of hydrogen-bond acceptors (Lipinski definition) is 6. The van der Waals surface area contributed by atoms with Crippen molar-refractivity contribution in [1.29, 1.82) is 0 Å². The second kappa shape index (κ2) is 9.93. The number of benzene rings is 3. The first-order valence-electron chi connectivity index (χ1n) is 11.0. The van der Waals surface area contributed by atoms with E-state index in [2.05, 4.69) is 15.3 Å². The van der Waals surface area contributed by atoms with Crippen molar-refractivity contribution in [3.8, 4) is 11.3 Å². The molecule has 182 valence electrons. The van der Waals surface area contributed by atoms with E-state index in [0.29, 0.717) is 32.8 Å². The lowest BCUT2D eigenvalue weighted by Crippen LogP contribution is -2.34. The van der Waals surface area contributed by atoms with Crippen molar-refractivity contribution >= 4 is 50.7 Å². The van der Waals surface area contributed by atoms with Gasteiger partial charge in [-0.1, -0.05) is 71.4 Å². The molecule has 0 spiro atoms. The largest absolute Gasteiger partial charge is 0.325 e. The van der Waals surface area contributed by atoms with E-state index in [1.54, 1.807) is 36.4 Å². The quantitative estimate of drug-likeness (QED) is 0.257. The number of anilines is 2. The summed E-state index contributed by atoms with van der Waals surface area (Å²) in [4.78, 5) is 21.2. The molecule has 0 aliphatic carbocycles. The molecule has 1 aliphatic rings. The van der Waals surface area contributed by atoms with Gasteiger partial charge in [-0.2, -0.15) is 0 Å². The van der Waals surface area contributed by atoms with Gasteiger partial charge >= 0.3 is 0 Å². The number of sulfonamides is 1. The van der Waals surface area contributed by atoms with Crippen LogP contribution in [0, 0.1) is 6.92 Å². The molecule has 0 fully saturated rings. The number of thioether (sulfide) groups is 1. The van der Waals surface area contributed by atoms with Gasteiger partial charge in [0.1, 0.15) is 4.90 Å². The molecule has 36 heavy (non-hydrogen) atoms. The summed E-state index contributed by atoms with van der Waals surface area (Å²) in [5.74, 6) is -0.170. The lowest BCUT2D eigenvalue weighted by atomic mass is 10.1. The fourth-order valence-electron chi connectivity index (χ4n) is 3.95. The molecule has 0 radical (unpaired) electrons. The molecular formula is C26H21ClN4O3S2. The zero-order valence-corrected chi connectivity index (χ0v) is 21.6. The first-order chi connectivity index (χ1) is 17.3. The Morgan fingerprint density at radius 1 is 1.06 bits per heavy atom. The number of aromatic nitrogens is 2. The molecule has 4 aromatic rings. The number of para-hydroxylation sites is 1. The second-order valence-electron chi connectivity index (χ2n) is 8.23. The van der Waals surface area contributed by atoms with Crippen LogP contribution in [-0.4, -0.2) is 30.0 Å². The van der Waals surface area contributed by atoms with Gasteiger partial charge in [0.05, 0.1) is 29.9 Å². The van der Waals surface area contributed by atoms with Crippen LogP contribution in [0.5, 0.6) is 0 Å². The molecule has 0 unspecified atom stereocenters. The Balaban J connectivity index is 1.41. The lowest BCUT2D eigenvalue weighted by Gasteiger charge is -2.31. The number of fused-ring (bicyclic) bond motifs is 3. The number of amides is 1. The number of aryl methyl sites for hydroxylation is 1. The maximum Gasteiger partial charge on any atom is 0.268 e. The van der Waals surface area contributed by atoms with E-state index in [4.69, 9.17) is 11.6 Å². The normalized spacial score (nSPS) is 13.6. The molecule has 3 aromatic carbocycles. The van der Waals surface area contributed by atoms with E-state index in [1.807, 2.05) is 43.3 Å². The van der Waals surface area contributed by atoms with Crippen LogP contribution in [0.2, 0.25) is 5.02 Å². The molecule has 2 heterocycles. The fraction of sp³-hybridized carbons (Fsp3) is 0.115. The molecule has 7 nitrogen and oxygen atoms in total. The minimum atomic E-state index is -3.89. The van der Waals surface area contributed by atoms with Crippen LogP contribution in [0.15, 0.2) is 89.0 Å². The third-order valence-corrected chi connectivity index (χ3v) is 8.47. The number of hydrogen-bond donors (Lipinski definition) is 1. The van der Waals surface area contributed by atoms with E-state index in [0.717, 1.165) is 22.9 Å². The Labute approximate surface area is 218 Å². The van der Waals surface area contributed by atoms with Crippen molar-refractivity contribution in [3.05, 3.63) is 95.1 Å². The van der Waals surface area contributed by atoms with Crippen molar-refractivity contribution in [2.45, 2.75) is 23.5 Å². The van der Waals surface area contributed by atoms with Gasteiger partial charge in [-0.25, -0.2) is 18.4 Å². The summed E-state index contributed by atoms with van der Waals surface area (Å²) >= 11 is 7.01. The number of nitrogens with zero attached hydrogens (tertiary/aromatic N) is 3. The standard InChI is InChI=1S/C26H21ClN4O3S2/c1-17-5-4-6-18(13-17)15-31-22-8-3-2-7-21(22)25-23(36(31,33)34)14-28-26(30-25)35-16-24(32)29-20-11-9-19(27)10-12-20/h2-14H,15-16H2,1H3,(H,29,32). The Hall–Kier alpha value is -3.40. The SMILES string of the molecule is Cc1cccc(CN2c3ccccc3-c3nc(SCC(=O)Nc4ccc(Cl)cc4)ncc3S2(=O)=O)c1. The van der Waals surface area contributed by atoms with E-state index >= 15 is 0 Å². The first-order valence-corrected chi connectivity index (χ1v) is 13.8. The van der Waals surface area contributed by atoms with E-state index in [1.165, 1.54) is 10.5 Å². The summed E-state index contributed by atoms with van der Waals surface area (Å²) in [5, 5.41) is 3.68.